The van der Waals surface area contributed by atoms with Gasteiger partial charge in [0.05, 0.1) is 0 Å². The normalized spacial score (nSPS) is 11.6. The predicted molar refractivity (Wildman–Crippen MR) is 124 cm³/mol. The van der Waals surface area contributed by atoms with Gasteiger partial charge in [0.1, 0.15) is 11.4 Å². The van der Waals surface area contributed by atoms with Crippen LogP contribution >= 0.6 is 0 Å². The minimum atomic E-state index is -4.57. The second-order valence-corrected chi connectivity index (χ2v) is 8.26. The van der Waals surface area contributed by atoms with Crippen LogP contribution in [0.25, 0.3) is 0 Å². The van der Waals surface area contributed by atoms with Gasteiger partial charge in [-0.15, -0.1) is 0 Å². The molecule has 3 aromatic rings. The van der Waals surface area contributed by atoms with Crippen LogP contribution in [-0.2, 0) is 19.0 Å². The first kappa shape index (κ1) is 23.6. The summed E-state index contributed by atoms with van der Waals surface area (Å²) >= 11 is 0. The minimum absolute atomic E-state index is 0.100. The number of hydrogen-bond donors (Lipinski definition) is 2. The summed E-state index contributed by atoms with van der Waals surface area (Å²) in [6.45, 7) is 6.28. The molecule has 7 heteroatoms. The summed E-state index contributed by atoms with van der Waals surface area (Å²) in [4.78, 5) is 8.07. The number of nitrogens with one attached hydrogen (secondary N) is 2. The number of unbranched alkanes of at least 4 members (excludes halogenated alkanes) is 1. The highest BCUT2D eigenvalue weighted by Crippen LogP contribution is 2.36. The second-order valence-electron chi connectivity index (χ2n) is 8.26. The fourth-order valence-electron chi connectivity index (χ4n) is 3.40. The Balaban J connectivity index is 1.88. The first-order valence-electron chi connectivity index (χ1n) is 10.9. The molecule has 2 aromatic carbocycles. The number of hydrogen-bond acceptors (Lipinski definition) is 4. The zero-order chi connectivity index (χ0) is 23.1. The van der Waals surface area contributed by atoms with Gasteiger partial charge >= 0.3 is 6.18 Å². The molecule has 0 saturated heterocycles. The molecule has 0 radical (unpaired) electrons. The van der Waals surface area contributed by atoms with E-state index in [0.717, 1.165) is 43.1 Å². The molecule has 0 fully saturated rings. The molecule has 2 N–H and O–H groups in total. The number of nitrogens with zero attached hydrogens (tertiary/aromatic N) is 2. The van der Waals surface area contributed by atoms with Crippen molar-refractivity contribution in [2.24, 2.45) is 5.92 Å². The first-order valence-corrected chi connectivity index (χ1v) is 10.9. The van der Waals surface area contributed by atoms with Gasteiger partial charge in [-0.05, 0) is 54.5 Å². The maximum Gasteiger partial charge on any atom is 0.421 e. The molecule has 0 spiro atoms. The highest BCUT2D eigenvalue weighted by molar-refractivity contribution is 5.65. The maximum atomic E-state index is 13.6. The van der Waals surface area contributed by atoms with Crippen molar-refractivity contribution in [1.29, 1.82) is 0 Å². The molecule has 1 heterocycles. The van der Waals surface area contributed by atoms with Gasteiger partial charge in [0.2, 0.25) is 5.95 Å². The summed E-state index contributed by atoms with van der Waals surface area (Å²) < 4.78 is 40.9. The fraction of sp³-hybridized carbons (Fsp3) is 0.360. The Labute approximate surface area is 187 Å². The molecule has 0 unspecified atom stereocenters. The van der Waals surface area contributed by atoms with E-state index in [-0.39, 0.29) is 11.8 Å². The number of para-hydroxylation sites is 1. The van der Waals surface area contributed by atoms with E-state index in [2.05, 4.69) is 41.4 Å². The molecule has 0 aliphatic rings. The van der Waals surface area contributed by atoms with E-state index in [1.807, 2.05) is 36.4 Å². The molecule has 0 atom stereocenters. The van der Waals surface area contributed by atoms with Gasteiger partial charge in [0, 0.05) is 17.6 Å². The van der Waals surface area contributed by atoms with Crippen molar-refractivity contribution in [3.8, 4) is 0 Å². The Kier molecular flexibility index (Phi) is 7.72. The van der Waals surface area contributed by atoms with Crippen molar-refractivity contribution in [2.45, 2.75) is 52.6 Å². The third-order valence-corrected chi connectivity index (χ3v) is 5.02. The van der Waals surface area contributed by atoms with Gasteiger partial charge < -0.3 is 10.6 Å². The average Bonchev–Trinajstić information content (AvgIpc) is 2.74. The summed E-state index contributed by atoms with van der Waals surface area (Å²) in [6.07, 6.45) is 0.215. The van der Waals surface area contributed by atoms with Crippen molar-refractivity contribution in [1.82, 2.24) is 9.97 Å². The molecule has 0 aliphatic carbocycles. The van der Waals surface area contributed by atoms with E-state index in [0.29, 0.717) is 11.6 Å². The van der Waals surface area contributed by atoms with Crippen molar-refractivity contribution < 1.29 is 13.2 Å². The highest BCUT2D eigenvalue weighted by atomic mass is 19.4. The summed E-state index contributed by atoms with van der Waals surface area (Å²) in [5, 5.41) is 5.91. The van der Waals surface area contributed by atoms with E-state index >= 15 is 0 Å². The van der Waals surface area contributed by atoms with E-state index < -0.39 is 11.7 Å². The van der Waals surface area contributed by atoms with Crippen LogP contribution in [0.5, 0.6) is 0 Å². The summed E-state index contributed by atoms with van der Waals surface area (Å²) in [5.41, 5.74) is 2.58. The number of rotatable bonds is 9. The molecule has 0 amide bonds. The Hall–Kier alpha value is -3.09. The molecule has 0 saturated carbocycles. The summed E-state index contributed by atoms with van der Waals surface area (Å²) in [6, 6.07) is 15.1. The quantitative estimate of drug-likeness (QED) is 0.360. The monoisotopic (exact) mass is 442 g/mol. The lowest BCUT2D eigenvalue weighted by atomic mass is 10.0. The third kappa shape index (κ3) is 6.45. The van der Waals surface area contributed by atoms with Gasteiger partial charge in [-0.3, -0.25) is 0 Å². The van der Waals surface area contributed by atoms with E-state index in [9.17, 15) is 13.2 Å². The maximum absolute atomic E-state index is 13.6. The van der Waals surface area contributed by atoms with Crippen LogP contribution in [0.1, 0.15) is 50.3 Å². The van der Waals surface area contributed by atoms with Gasteiger partial charge in [0.25, 0.3) is 0 Å². The second kappa shape index (κ2) is 10.5. The zero-order valence-electron chi connectivity index (χ0n) is 18.6. The van der Waals surface area contributed by atoms with Crippen LogP contribution < -0.4 is 10.6 Å². The van der Waals surface area contributed by atoms with Crippen molar-refractivity contribution in [2.75, 3.05) is 10.6 Å². The van der Waals surface area contributed by atoms with Gasteiger partial charge in [-0.2, -0.15) is 18.2 Å². The minimum Gasteiger partial charge on any atom is -0.339 e. The fourth-order valence-corrected chi connectivity index (χ4v) is 3.40. The SMILES string of the molecule is CCCCc1ccc(Nc2ncc(C(F)(F)F)c(Nc3ccccc3CC(C)C)n2)cc1. The lowest BCUT2D eigenvalue weighted by Crippen LogP contribution is -2.13. The largest absolute Gasteiger partial charge is 0.421 e. The zero-order valence-corrected chi connectivity index (χ0v) is 18.6. The molecule has 3 rings (SSSR count). The van der Waals surface area contributed by atoms with Crippen LogP contribution in [0.15, 0.2) is 54.7 Å². The first-order chi connectivity index (χ1) is 15.3. The molecule has 1 aromatic heterocycles. The van der Waals surface area contributed by atoms with E-state index in [4.69, 9.17) is 0 Å². The van der Waals surface area contributed by atoms with Gasteiger partial charge in [0.15, 0.2) is 0 Å². The molecule has 0 aliphatic heterocycles. The number of alkyl halides is 3. The van der Waals surface area contributed by atoms with Crippen LogP contribution in [0.3, 0.4) is 0 Å². The number of anilines is 4. The summed E-state index contributed by atoms with van der Waals surface area (Å²) in [5.74, 6) is 0.192. The van der Waals surface area contributed by atoms with Gasteiger partial charge in [-0.1, -0.05) is 57.5 Å². The number of aryl methyl sites for hydroxylation is 1. The van der Waals surface area contributed by atoms with Crippen LogP contribution in [0, 0.1) is 5.92 Å². The molecular weight excluding hydrogens is 413 g/mol. The van der Waals surface area contributed by atoms with Crippen LogP contribution in [-0.4, -0.2) is 9.97 Å². The lowest BCUT2D eigenvalue weighted by molar-refractivity contribution is -0.137. The summed E-state index contributed by atoms with van der Waals surface area (Å²) in [7, 11) is 0. The Morgan fingerprint density at radius 1 is 0.969 bits per heavy atom. The molecular formula is C25H29F3N4. The molecule has 4 nitrogen and oxygen atoms in total. The molecule has 32 heavy (non-hydrogen) atoms. The van der Waals surface area contributed by atoms with E-state index in [1.165, 1.54) is 5.56 Å². The van der Waals surface area contributed by atoms with E-state index in [1.54, 1.807) is 12.1 Å². The lowest BCUT2D eigenvalue weighted by Gasteiger charge is -2.17. The topological polar surface area (TPSA) is 49.8 Å². The highest BCUT2D eigenvalue weighted by Gasteiger charge is 2.35. The Morgan fingerprint density at radius 3 is 2.34 bits per heavy atom. The third-order valence-electron chi connectivity index (χ3n) is 5.02. The standard InChI is InChI=1S/C25H29F3N4/c1-4-5-8-18-11-13-20(14-12-18)30-24-29-16-21(25(26,27)28)23(32-24)31-22-10-7-6-9-19(22)15-17(2)3/h6-7,9-14,16-17H,4-5,8,15H2,1-3H3,(H2,29,30,31,32). The van der Waals surface area contributed by atoms with Crippen LogP contribution in [0.4, 0.5) is 36.3 Å². The van der Waals surface area contributed by atoms with Gasteiger partial charge in [-0.25, -0.2) is 4.98 Å². The van der Waals surface area contributed by atoms with Crippen molar-refractivity contribution >= 4 is 23.1 Å². The molecule has 0 bridgehead atoms. The smallest absolute Gasteiger partial charge is 0.339 e. The van der Waals surface area contributed by atoms with Crippen molar-refractivity contribution in [3.05, 3.63) is 71.4 Å². The number of aromatic nitrogens is 2. The molecule has 170 valence electrons. The van der Waals surface area contributed by atoms with Crippen molar-refractivity contribution in [3.63, 3.8) is 0 Å². The Bertz CT molecular complexity index is 1010. The number of halogens is 3. The Morgan fingerprint density at radius 2 is 1.69 bits per heavy atom. The predicted octanol–water partition coefficient (Wildman–Crippen LogP) is 7.52. The number of benzene rings is 2. The van der Waals surface area contributed by atoms with Crippen LogP contribution in [0.2, 0.25) is 0 Å². The average molecular weight is 443 g/mol.